The van der Waals surface area contributed by atoms with Crippen LogP contribution in [0.3, 0.4) is 0 Å². The fourth-order valence-electron chi connectivity index (χ4n) is 1.80. The first-order valence-electron chi connectivity index (χ1n) is 7.07. The summed E-state index contributed by atoms with van der Waals surface area (Å²) in [5.41, 5.74) is 0. The van der Waals surface area contributed by atoms with Gasteiger partial charge in [0.15, 0.2) is 0 Å². The van der Waals surface area contributed by atoms with Crippen molar-refractivity contribution >= 4 is 21.4 Å². The summed E-state index contributed by atoms with van der Waals surface area (Å²) in [6.45, 7) is 6.98. The Balaban J connectivity index is 2.37. The molecule has 20 heavy (non-hydrogen) atoms. The van der Waals surface area contributed by atoms with Gasteiger partial charge in [0, 0.05) is 17.6 Å². The predicted molar refractivity (Wildman–Crippen MR) is 84.4 cm³/mol. The van der Waals surface area contributed by atoms with Crippen molar-refractivity contribution in [1.82, 2.24) is 15.0 Å². The number of unbranched alkanes of at least 4 members (excludes halogenated alkanes) is 1. The molecule has 7 heteroatoms. The molecular weight excluding hydrogens is 294 g/mol. The highest BCUT2D eigenvalue weighted by molar-refractivity contribution is 7.89. The molecule has 0 radical (unpaired) electrons. The van der Waals surface area contributed by atoms with Gasteiger partial charge in [-0.05, 0) is 25.8 Å². The number of sulfonamides is 1. The average molecular weight is 319 g/mol. The Morgan fingerprint density at radius 2 is 2.10 bits per heavy atom. The van der Waals surface area contributed by atoms with Crippen LogP contribution >= 0.6 is 11.3 Å². The van der Waals surface area contributed by atoms with E-state index in [0.717, 1.165) is 18.0 Å². The molecule has 2 N–H and O–H groups in total. The van der Waals surface area contributed by atoms with Gasteiger partial charge in [-0.1, -0.05) is 20.8 Å². The van der Waals surface area contributed by atoms with Crippen LogP contribution in [-0.4, -0.2) is 31.7 Å². The first-order valence-corrected chi connectivity index (χ1v) is 9.60. The minimum absolute atomic E-state index is 0.175. The molecule has 0 aliphatic heterocycles. The van der Waals surface area contributed by atoms with Gasteiger partial charge in [-0.25, -0.2) is 18.1 Å². The molecule has 0 fully saturated rings. The maximum atomic E-state index is 12.0. The molecule has 1 heterocycles. The molecule has 1 unspecified atom stereocenters. The third-order valence-electron chi connectivity index (χ3n) is 2.87. The fraction of sp³-hybridized carbons (Fsp3) is 0.769. The molecule has 0 aromatic carbocycles. The van der Waals surface area contributed by atoms with Crippen molar-refractivity contribution in [1.29, 1.82) is 0 Å². The van der Waals surface area contributed by atoms with Gasteiger partial charge in [-0.15, -0.1) is 11.3 Å². The van der Waals surface area contributed by atoms with Gasteiger partial charge in [0.1, 0.15) is 5.01 Å². The molecule has 1 aromatic heterocycles. The third kappa shape index (κ3) is 6.78. The number of thiazole rings is 1. The van der Waals surface area contributed by atoms with Crippen molar-refractivity contribution in [2.75, 3.05) is 12.3 Å². The van der Waals surface area contributed by atoms with Crippen LogP contribution in [0.4, 0.5) is 0 Å². The first kappa shape index (κ1) is 17.6. The number of hydrogen-bond donors (Lipinski definition) is 2. The minimum atomic E-state index is -3.23. The van der Waals surface area contributed by atoms with Gasteiger partial charge in [0.25, 0.3) is 0 Å². The summed E-state index contributed by atoms with van der Waals surface area (Å²) in [6, 6.07) is 0.243. The number of nitrogens with one attached hydrogen (secondary N) is 2. The molecule has 116 valence electrons. The van der Waals surface area contributed by atoms with Gasteiger partial charge in [-0.3, -0.25) is 0 Å². The van der Waals surface area contributed by atoms with Crippen LogP contribution < -0.4 is 10.0 Å². The monoisotopic (exact) mass is 319 g/mol. The zero-order valence-corrected chi connectivity index (χ0v) is 14.1. The molecule has 0 spiro atoms. The molecule has 0 saturated carbocycles. The fourth-order valence-corrected chi connectivity index (χ4v) is 4.06. The summed E-state index contributed by atoms with van der Waals surface area (Å²) in [4.78, 5) is 4.18. The standard InChI is InChI=1S/C13H25N3O2S2/c1-4-12(13-15-8-9-19-13)16-20(17,18)10-6-5-7-14-11(2)3/h8-9,11-12,14,16H,4-7,10H2,1-3H3. The summed E-state index contributed by atoms with van der Waals surface area (Å²) >= 11 is 1.48. The molecule has 1 aromatic rings. The second kappa shape index (κ2) is 8.71. The zero-order valence-electron chi connectivity index (χ0n) is 12.4. The van der Waals surface area contributed by atoms with Crippen molar-refractivity contribution in [3.8, 4) is 0 Å². The zero-order chi connectivity index (χ0) is 15.0. The lowest BCUT2D eigenvalue weighted by molar-refractivity contribution is 0.538. The van der Waals surface area contributed by atoms with Crippen molar-refractivity contribution in [3.05, 3.63) is 16.6 Å². The van der Waals surface area contributed by atoms with Crippen LogP contribution in [0.2, 0.25) is 0 Å². The van der Waals surface area contributed by atoms with E-state index in [4.69, 9.17) is 0 Å². The number of aromatic nitrogens is 1. The van der Waals surface area contributed by atoms with E-state index in [9.17, 15) is 8.42 Å². The maximum Gasteiger partial charge on any atom is 0.212 e. The topological polar surface area (TPSA) is 71.1 Å². The van der Waals surface area contributed by atoms with Crippen molar-refractivity contribution in [2.24, 2.45) is 0 Å². The van der Waals surface area contributed by atoms with Crippen molar-refractivity contribution in [3.63, 3.8) is 0 Å². The highest BCUT2D eigenvalue weighted by Gasteiger charge is 2.19. The van der Waals surface area contributed by atoms with Crippen LogP contribution in [0, 0.1) is 0 Å². The molecule has 0 aliphatic rings. The Morgan fingerprint density at radius 3 is 2.65 bits per heavy atom. The van der Waals surface area contributed by atoms with Gasteiger partial charge in [0.05, 0.1) is 11.8 Å². The first-order chi connectivity index (χ1) is 9.44. The van der Waals surface area contributed by atoms with Gasteiger partial charge < -0.3 is 5.32 Å². The summed E-state index contributed by atoms with van der Waals surface area (Å²) in [5.74, 6) is 0.175. The summed E-state index contributed by atoms with van der Waals surface area (Å²) in [7, 11) is -3.23. The van der Waals surface area contributed by atoms with Gasteiger partial charge >= 0.3 is 0 Å². The summed E-state index contributed by atoms with van der Waals surface area (Å²) in [6.07, 6.45) is 3.95. The van der Waals surface area contributed by atoms with Gasteiger partial charge in [0.2, 0.25) is 10.0 Å². The van der Waals surface area contributed by atoms with Crippen LogP contribution in [0.1, 0.15) is 51.1 Å². The van der Waals surface area contributed by atoms with E-state index in [2.05, 4.69) is 28.9 Å². The van der Waals surface area contributed by atoms with E-state index in [0.29, 0.717) is 18.9 Å². The quantitative estimate of drug-likeness (QED) is 0.649. The lowest BCUT2D eigenvalue weighted by Crippen LogP contribution is -2.31. The lowest BCUT2D eigenvalue weighted by atomic mass is 10.3. The van der Waals surface area contributed by atoms with Crippen molar-refractivity contribution in [2.45, 2.75) is 52.1 Å². The minimum Gasteiger partial charge on any atom is -0.315 e. The van der Waals surface area contributed by atoms with Gasteiger partial charge in [-0.2, -0.15) is 0 Å². The highest BCUT2D eigenvalue weighted by Crippen LogP contribution is 2.19. The molecule has 5 nitrogen and oxygen atoms in total. The van der Waals surface area contributed by atoms with Crippen molar-refractivity contribution < 1.29 is 8.42 Å². The van der Waals surface area contributed by atoms with Crippen LogP contribution in [0.15, 0.2) is 11.6 Å². The Hall–Kier alpha value is -0.500. The third-order valence-corrected chi connectivity index (χ3v) is 5.23. The lowest BCUT2D eigenvalue weighted by Gasteiger charge is -2.15. The van der Waals surface area contributed by atoms with Crippen LogP contribution in [0.5, 0.6) is 0 Å². The second-order valence-corrected chi connectivity index (χ2v) is 7.88. The Labute approximate surface area is 126 Å². The summed E-state index contributed by atoms with van der Waals surface area (Å²) < 4.78 is 26.8. The molecular formula is C13H25N3O2S2. The van der Waals surface area contributed by atoms with Crippen LogP contribution in [-0.2, 0) is 10.0 Å². The number of nitrogens with zero attached hydrogens (tertiary/aromatic N) is 1. The Kier molecular flexibility index (Phi) is 7.65. The molecule has 1 rings (SSSR count). The normalized spacial score (nSPS) is 13.8. The van der Waals surface area contributed by atoms with Crippen LogP contribution in [0.25, 0.3) is 0 Å². The number of hydrogen-bond acceptors (Lipinski definition) is 5. The molecule has 1 atom stereocenters. The highest BCUT2D eigenvalue weighted by atomic mass is 32.2. The molecule has 0 amide bonds. The van der Waals surface area contributed by atoms with E-state index < -0.39 is 10.0 Å². The molecule has 0 aliphatic carbocycles. The van der Waals surface area contributed by atoms with E-state index in [-0.39, 0.29) is 11.8 Å². The number of rotatable bonds is 10. The average Bonchev–Trinajstić information content (AvgIpc) is 2.89. The maximum absolute atomic E-state index is 12.0. The Morgan fingerprint density at radius 1 is 1.35 bits per heavy atom. The van der Waals surface area contributed by atoms with E-state index in [1.165, 1.54) is 11.3 Å². The molecule has 0 saturated heterocycles. The van der Waals surface area contributed by atoms with E-state index in [1.54, 1.807) is 6.20 Å². The second-order valence-electron chi connectivity index (χ2n) is 5.08. The SMILES string of the molecule is CCC(NS(=O)(=O)CCCCNC(C)C)c1nccs1. The summed E-state index contributed by atoms with van der Waals surface area (Å²) in [5, 5.41) is 5.98. The molecule has 0 bridgehead atoms. The Bertz CT molecular complexity index is 458. The smallest absolute Gasteiger partial charge is 0.212 e. The predicted octanol–water partition coefficient (Wildman–Crippen LogP) is 2.29. The largest absolute Gasteiger partial charge is 0.315 e. The van der Waals surface area contributed by atoms with E-state index >= 15 is 0 Å². The van der Waals surface area contributed by atoms with E-state index in [1.807, 2.05) is 12.3 Å².